The van der Waals surface area contributed by atoms with Crippen LogP contribution in [0, 0.1) is 10.1 Å². The topological polar surface area (TPSA) is 87.6 Å². The van der Waals surface area contributed by atoms with E-state index in [9.17, 15) is 10.1 Å². The molecule has 25 heavy (non-hydrogen) atoms. The van der Waals surface area contributed by atoms with Gasteiger partial charge in [0.15, 0.2) is 17.1 Å². The second-order valence-corrected chi connectivity index (χ2v) is 5.44. The lowest BCUT2D eigenvalue weighted by atomic mass is 10.2. The van der Waals surface area contributed by atoms with Crippen LogP contribution in [0.15, 0.2) is 34.7 Å². The number of nitrogens with zero attached hydrogens (tertiary/aromatic N) is 2. The molecule has 0 spiro atoms. The average Bonchev–Trinajstić information content (AvgIpc) is 3.01. The minimum Gasteiger partial charge on any atom is -0.493 e. The molecule has 0 saturated heterocycles. The molecule has 1 aromatic heterocycles. The number of nitro groups is 1. The fourth-order valence-corrected chi connectivity index (χ4v) is 2.62. The second kappa shape index (κ2) is 6.82. The van der Waals surface area contributed by atoms with Crippen molar-refractivity contribution in [1.29, 1.82) is 0 Å². The normalized spacial score (nSPS) is 11.2. The van der Waals surface area contributed by atoms with Crippen LogP contribution in [0.1, 0.15) is 11.5 Å². The fourth-order valence-electron chi connectivity index (χ4n) is 2.32. The van der Waals surface area contributed by atoms with Gasteiger partial charge in [-0.2, -0.15) is 0 Å². The van der Waals surface area contributed by atoms with E-state index in [4.69, 9.17) is 25.5 Å². The molecular formula is C17H13ClN2O5. The number of rotatable bonds is 5. The first-order chi connectivity index (χ1) is 12.0. The Labute approximate surface area is 147 Å². The summed E-state index contributed by atoms with van der Waals surface area (Å²) >= 11 is 6.16. The van der Waals surface area contributed by atoms with Crippen LogP contribution in [0.3, 0.4) is 0 Å². The molecule has 1 heterocycles. The van der Waals surface area contributed by atoms with Gasteiger partial charge < -0.3 is 13.9 Å². The molecule has 0 saturated carbocycles. The molecule has 8 heteroatoms. The lowest BCUT2D eigenvalue weighted by Gasteiger charge is -2.09. The maximum absolute atomic E-state index is 10.8. The largest absolute Gasteiger partial charge is 0.493 e. The van der Waals surface area contributed by atoms with E-state index in [0.29, 0.717) is 33.5 Å². The molecule has 0 atom stereocenters. The number of aromatic nitrogens is 1. The molecule has 0 fully saturated rings. The zero-order valence-corrected chi connectivity index (χ0v) is 14.1. The quantitative estimate of drug-likeness (QED) is 0.489. The highest BCUT2D eigenvalue weighted by molar-refractivity contribution is 6.32. The lowest BCUT2D eigenvalue weighted by Crippen LogP contribution is -1.92. The molecule has 2 aromatic carbocycles. The van der Waals surface area contributed by atoms with Gasteiger partial charge >= 0.3 is 0 Å². The van der Waals surface area contributed by atoms with E-state index in [0.717, 1.165) is 5.56 Å². The van der Waals surface area contributed by atoms with Crippen LogP contribution in [0.2, 0.25) is 5.02 Å². The van der Waals surface area contributed by atoms with Crippen molar-refractivity contribution in [2.45, 2.75) is 0 Å². The van der Waals surface area contributed by atoms with Gasteiger partial charge in [-0.05, 0) is 29.8 Å². The number of halogens is 1. The second-order valence-electron chi connectivity index (χ2n) is 5.03. The van der Waals surface area contributed by atoms with Crippen molar-refractivity contribution in [1.82, 2.24) is 4.98 Å². The third-order valence-electron chi connectivity index (χ3n) is 3.47. The van der Waals surface area contributed by atoms with Crippen LogP contribution in [0.25, 0.3) is 23.3 Å². The van der Waals surface area contributed by atoms with Gasteiger partial charge in [0.05, 0.1) is 24.2 Å². The average molecular weight is 361 g/mol. The van der Waals surface area contributed by atoms with Crippen LogP contribution >= 0.6 is 11.6 Å². The molecule has 3 aromatic rings. The SMILES string of the molecule is COc1cc(/C=C/c2nc3cc([N+](=O)[O-])ccc3o2)cc(Cl)c1OC. The summed E-state index contributed by atoms with van der Waals surface area (Å²) in [6.07, 6.45) is 3.39. The van der Waals surface area contributed by atoms with E-state index in [-0.39, 0.29) is 5.69 Å². The van der Waals surface area contributed by atoms with E-state index < -0.39 is 4.92 Å². The molecule has 0 aliphatic heterocycles. The number of hydrogen-bond donors (Lipinski definition) is 0. The van der Waals surface area contributed by atoms with Crippen molar-refractivity contribution in [3.05, 3.63) is 56.9 Å². The zero-order chi connectivity index (χ0) is 18.0. The molecule has 0 amide bonds. The summed E-state index contributed by atoms with van der Waals surface area (Å²) in [6.45, 7) is 0. The van der Waals surface area contributed by atoms with E-state index in [2.05, 4.69) is 4.98 Å². The van der Waals surface area contributed by atoms with Gasteiger partial charge in [0.2, 0.25) is 5.89 Å². The number of fused-ring (bicyclic) bond motifs is 1. The third kappa shape index (κ3) is 3.41. The number of non-ortho nitro benzene ring substituents is 1. The highest BCUT2D eigenvalue weighted by Gasteiger charge is 2.12. The summed E-state index contributed by atoms with van der Waals surface area (Å²) in [5, 5.41) is 11.2. The number of ether oxygens (including phenoxy) is 2. The Morgan fingerprint density at radius 1 is 1.20 bits per heavy atom. The maximum atomic E-state index is 10.8. The molecule has 7 nitrogen and oxygen atoms in total. The van der Waals surface area contributed by atoms with E-state index in [1.54, 1.807) is 24.3 Å². The lowest BCUT2D eigenvalue weighted by molar-refractivity contribution is -0.384. The summed E-state index contributed by atoms with van der Waals surface area (Å²) in [6, 6.07) is 7.73. The third-order valence-corrected chi connectivity index (χ3v) is 3.75. The molecule has 0 unspecified atom stereocenters. The Morgan fingerprint density at radius 2 is 2.00 bits per heavy atom. The monoisotopic (exact) mass is 360 g/mol. The highest BCUT2D eigenvalue weighted by Crippen LogP contribution is 2.36. The smallest absolute Gasteiger partial charge is 0.271 e. The number of benzene rings is 2. The molecule has 0 aliphatic carbocycles. The van der Waals surface area contributed by atoms with Gasteiger partial charge in [0, 0.05) is 18.2 Å². The van der Waals surface area contributed by atoms with Gasteiger partial charge in [0.25, 0.3) is 5.69 Å². The van der Waals surface area contributed by atoms with E-state index in [1.165, 1.54) is 32.4 Å². The number of hydrogen-bond acceptors (Lipinski definition) is 6. The van der Waals surface area contributed by atoms with Crippen molar-refractivity contribution in [3.63, 3.8) is 0 Å². The van der Waals surface area contributed by atoms with Gasteiger partial charge in [-0.1, -0.05) is 11.6 Å². The van der Waals surface area contributed by atoms with Crippen LogP contribution in [-0.2, 0) is 0 Å². The minimum absolute atomic E-state index is 0.0389. The van der Waals surface area contributed by atoms with Crippen LogP contribution < -0.4 is 9.47 Å². The van der Waals surface area contributed by atoms with Crippen molar-refractivity contribution >= 4 is 40.5 Å². The molecule has 0 bridgehead atoms. The van der Waals surface area contributed by atoms with Crippen molar-refractivity contribution in [2.75, 3.05) is 14.2 Å². The Morgan fingerprint density at radius 3 is 2.68 bits per heavy atom. The minimum atomic E-state index is -0.477. The van der Waals surface area contributed by atoms with Crippen molar-refractivity contribution < 1.29 is 18.8 Å². The predicted octanol–water partition coefficient (Wildman–Crippen LogP) is 4.58. The summed E-state index contributed by atoms with van der Waals surface area (Å²) in [7, 11) is 3.03. The fraction of sp³-hybridized carbons (Fsp3) is 0.118. The molecular weight excluding hydrogens is 348 g/mol. The first-order valence-corrected chi connectivity index (χ1v) is 7.54. The van der Waals surface area contributed by atoms with Crippen molar-refractivity contribution in [3.8, 4) is 11.5 Å². The first-order valence-electron chi connectivity index (χ1n) is 7.16. The standard InChI is InChI=1S/C17H13ClN2O5/c1-23-15-8-10(7-12(18)17(15)24-2)3-6-16-19-13-9-11(20(21)22)4-5-14(13)25-16/h3-9H,1-2H3/b6-3+. The number of nitro benzene ring substituents is 1. The van der Waals surface area contributed by atoms with Crippen LogP contribution in [0.4, 0.5) is 5.69 Å². The first kappa shape index (κ1) is 16.8. The zero-order valence-electron chi connectivity index (χ0n) is 13.4. The molecule has 3 rings (SSSR count). The molecule has 0 radical (unpaired) electrons. The number of oxazole rings is 1. The molecule has 128 valence electrons. The molecule has 0 N–H and O–H groups in total. The Kier molecular flexibility index (Phi) is 4.58. The van der Waals surface area contributed by atoms with Crippen LogP contribution in [-0.4, -0.2) is 24.1 Å². The Hall–Kier alpha value is -3.06. The van der Waals surface area contributed by atoms with Crippen molar-refractivity contribution in [2.24, 2.45) is 0 Å². The number of methoxy groups -OCH3 is 2. The highest BCUT2D eigenvalue weighted by atomic mass is 35.5. The van der Waals surface area contributed by atoms with E-state index in [1.807, 2.05) is 0 Å². The Balaban J connectivity index is 1.93. The summed E-state index contributed by atoms with van der Waals surface area (Å²) < 4.78 is 16.0. The Bertz CT molecular complexity index is 981. The summed E-state index contributed by atoms with van der Waals surface area (Å²) in [4.78, 5) is 14.6. The van der Waals surface area contributed by atoms with Gasteiger partial charge in [-0.15, -0.1) is 0 Å². The maximum Gasteiger partial charge on any atom is 0.271 e. The summed E-state index contributed by atoms with van der Waals surface area (Å²) in [5.41, 5.74) is 1.61. The van der Waals surface area contributed by atoms with Gasteiger partial charge in [-0.25, -0.2) is 4.98 Å². The molecule has 0 aliphatic rings. The van der Waals surface area contributed by atoms with E-state index >= 15 is 0 Å². The predicted molar refractivity (Wildman–Crippen MR) is 94.1 cm³/mol. The van der Waals surface area contributed by atoms with Gasteiger partial charge in [0.1, 0.15) is 5.52 Å². The van der Waals surface area contributed by atoms with Gasteiger partial charge in [-0.3, -0.25) is 10.1 Å². The van der Waals surface area contributed by atoms with Crippen LogP contribution in [0.5, 0.6) is 11.5 Å². The summed E-state index contributed by atoms with van der Waals surface area (Å²) in [5.74, 6) is 1.28.